The van der Waals surface area contributed by atoms with Crippen LogP contribution in [0.4, 0.5) is 0 Å². The van der Waals surface area contributed by atoms with Gasteiger partial charge >= 0.3 is 0 Å². The van der Waals surface area contributed by atoms with Crippen LogP contribution in [0.5, 0.6) is 5.75 Å². The Kier molecular flexibility index (Phi) is 8.53. The van der Waals surface area contributed by atoms with E-state index in [1.54, 1.807) is 12.0 Å². The highest BCUT2D eigenvalue weighted by atomic mass is 16.5. The van der Waals surface area contributed by atoms with Gasteiger partial charge in [-0.3, -0.25) is 9.59 Å². The average molecular weight is 383 g/mol. The van der Waals surface area contributed by atoms with Crippen LogP contribution in [0.3, 0.4) is 0 Å². The first-order valence-corrected chi connectivity index (χ1v) is 9.77. The van der Waals surface area contributed by atoms with Crippen molar-refractivity contribution in [3.05, 3.63) is 65.7 Å². The number of rotatable bonds is 10. The molecule has 0 radical (unpaired) electrons. The molecule has 2 aromatic rings. The van der Waals surface area contributed by atoms with Crippen LogP contribution in [0.2, 0.25) is 0 Å². The van der Waals surface area contributed by atoms with Gasteiger partial charge < -0.3 is 15.0 Å². The van der Waals surface area contributed by atoms with Crippen LogP contribution in [0, 0.1) is 0 Å². The van der Waals surface area contributed by atoms with Crippen molar-refractivity contribution < 1.29 is 14.3 Å². The van der Waals surface area contributed by atoms with Gasteiger partial charge in [-0.2, -0.15) is 0 Å². The maximum Gasteiger partial charge on any atom is 0.243 e. The Hall–Kier alpha value is -2.82. The van der Waals surface area contributed by atoms with Gasteiger partial charge in [-0.15, -0.1) is 0 Å². The lowest BCUT2D eigenvalue weighted by molar-refractivity contribution is -0.139. The van der Waals surface area contributed by atoms with E-state index in [1.807, 2.05) is 54.6 Å². The minimum absolute atomic E-state index is 0.110. The van der Waals surface area contributed by atoms with Crippen molar-refractivity contribution in [3.8, 4) is 5.75 Å². The molecule has 0 saturated carbocycles. The number of methoxy groups -OCH3 is 1. The van der Waals surface area contributed by atoms with Crippen molar-refractivity contribution in [1.82, 2.24) is 10.2 Å². The van der Waals surface area contributed by atoms with E-state index in [0.717, 1.165) is 29.7 Å². The molecule has 0 aliphatic carbocycles. The topological polar surface area (TPSA) is 58.6 Å². The molecular formula is C23H30N2O3. The Labute approximate surface area is 167 Å². The largest absolute Gasteiger partial charge is 0.497 e. The maximum absolute atomic E-state index is 12.9. The van der Waals surface area contributed by atoms with E-state index in [2.05, 4.69) is 12.2 Å². The third-order valence-electron chi connectivity index (χ3n) is 4.70. The van der Waals surface area contributed by atoms with Crippen molar-refractivity contribution in [2.45, 2.75) is 45.7 Å². The van der Waals surface area contributed by atoms with Gasteiger partial charge in [-0.1, -0.05) is 55.8 Å². The Morgan fingerprint density at radius 3 is 2.29 bits per heavy atom. The number of benzene rings is 2. The highest BCUT2D eigenvalue weighted by Crippen LogP contribution is 2.17. The summed E-state index contributed by atoms with van der Waals surface area (Å²) in [5.74, 6) is 0.527. The molecular weight excluding hydrogens is 352 g/mol. The third-order valence-corrected chi connectivity index (χ3v) is 4.70. The van der Waals surface area contributed by atoms with Gasteiger partial charge in [-0.05, 0) is 29.7 Å². The smallest absolute Gasteiger partial charge is 0.243 e. The zero-order valence-electron chi connectivity index (χ0n) is 17.0. The summed E-state index contributed by atoms with van der Waals surface area (Å²) in [7, 11) is 1.62. The Morgan fingerprint density at radius 1 is 1.04 bits per heavy atom. The number of hydrogen-bond donors (Lipinski definition) is 1. The molecule has 2 rings (SSSR count). The Bertz CT molecular complexity index is 744. The van der Waals surface area contributed by atoms with Crippen molar-refractivity contribution in [2.75, 3.05) is 13.7 Å². The molecule has 0 aliphatic heterocycles. The van der Waals surface area contributed by atoms with Gasteiger partial charge in [0.15, 0.2) is 0 Å². The van der Waals surface area contributed by atoms with Crippen LogP contribution in [0.15, 0.2) is 54.6 Å². The zero-order valence-corrected chi connectivity index (χ0v) is 17.0. The summed E-state index contributed by atoms with van der Waals surface area (Å²) in [4.78, 5) is 27.0. The van der Waals surface area contributed by atoms with Crippen LogP contribution >= 0.6 is 0 Å². The normalized spacial score (nSPS) is 11.5. The first kappa shape index (κ1) is 21.5. The van der Waals surface area contributed by atoms with E-state index in [-0.39, 0.29) is 11.8 Å². The quantitative estimate of drug-likeness (QED) is 0.639. The fraction of sp³-hybridized carbons (Fsp3) is 0.391. The summed E-state index contributed by atoms with van der Waals surface area (Å²) < 4.78 is 5.20. The highest BCUT2D eigenvalue weighted by Gasteiger charge is 2.28. The molecule has 150 valence electrons. The second-order valence-corrected chi connectivity index (χ2v) is 6.85. The maximum atomic E-state index is 12.9. The number of ether oxygens (including phenoxy) is 1. The van der Waals surface area contributed by atoms with E-state index in [1.165, 1.54) is 6.92 Å². The van der Waals surface area contributed by atoms with Crippen LogP contribution in [0.1, 0.15) is 37.8 Å². The van der Waals surface area contributed by atoms with Gasteiger partial charge in [0.05, 0.1) is 7.11 Å². The molecule has 0 heterocycles. The molecule has 0 aliphatic rings. The minimum atomic E-state index is -0.557. The molecule has 0 spiro atoms. The van der Waals surface area contributed by atoms with E-state index in [9.17, 15) is 9.59 Å². The molecule has 1 N–H and O–H groups in total. The van der Waals surface area contributed by atoms with Gasteiger partial charge in [0.25, 0.3) is 0 Å². The van der Waals surface area contributed by atoms with Gasteiger partial charge in [-0.25, -0.2) is 0 Å². The fourth-order valence-electron chi connectivity index (χ4n) is 3.06. The Morgan fingerprint density at radius 2 is 1.71 bits per heavy atom. The molecule has 0 fully saturated rings. The molecule has 0 bridgehead atoms. The van der Waals surface area contributed by atoms with Crippen molar-refractivity contribution in [3.63, 3.8) is 0 Å². The summed E-state index contributed by atoms with van der Waals surface area (Å²) in [5, 5.41) is 2.99. The van der Waals surface area contributed by atoms with Crippen LogP contribution in [0.25, 0.3) is 0 Å². The highest BCUT2D eigenvalue weighted by molar-refractivity contribution is 5.87. The lowest BCUT2D eigenvalue weighted by Gasteiger charge is -2.30. The van der Waals surface area contributed by atoms with Crippen molar-refractivity contribution >= 4 is 11.8 Å². The second-order valence-electron chi connectivity index (χ2n) is 6.85. The zero-order chi connectivity index (χ0) is 20.4. The molecule has 0 unspecified atom stereocenters. The molecule has 5 nitrogen and oxygen atoms in total. The van der Waals surface area contributed by atoms with E-state index >= 15 is 0 Å². The number of amides is 2. The molecule has 0 saturated heterocycles. The second kappa shape index (κ2) is 11.1. The predicted molar refractivity (Wildman–Crippen MR) is 111 cm³/mol. The number of carbonyl (C=O) groups is 2. The summed E-state index contributed by atoms with van der Waals surface area (Å²) >= 11 is 0. The number of hydrogen-bond acceptors (Lipinski definition) is 3. The molecule has 1 atom stereocenters. The summed E-state index contributed by atoms with van der Waals surface area (Å²) in [6.45, 7) is 4.59. The lowest BCUT2D eigenvalue weighted by atomic mass is 10.0. The molecule has 2 amide bonds. The van der Waals surface area contributed by atoms with Crippen molar-refractivity contribution in [2.24, 2.45) is 0 Å². The predicted octanol–water partition coefficient (Wildman–Crippen LogP) is 3.57. The third kappa shape index (κ3) is 6.41. The van der Waals surface area contributed by atoms with Crippen LogP contribution < -0.4 is 10.1 Å². The monoisotopic (exact) mass is 382 g/mol. The average Bonchev–Trinajstić information content (AvgIpc) is 2.71. The Balaban J connectivity index is 2.23. The number of nitrogens with zero attached hydrogens (tertiary/aromatic N) is 1. The SMILES string of the molecule is CCCCNC(=O)[C@H](Cc1ccccc1)N(Cc1ccc(OC)cc1)C(C)=O. The number of unbranched alkanes of at least 4 members (excludes halogenated alkanes) is 1. The molecule has 5 heteroatoms. The summed E-state index contributed by atoms with van der Waals surface area (Å²) in [6, 6.07) is 16.8. The van der Waals surface area contributed by atoms with Gasteiger partial charge in [0.1, 0.15) is 11.8 Å². The molecule has 2 aromatic carbocycles. The van der Waals surface area contributed by atoms with Gasteiger partial charge in [0.2, 0.25) is 11.8 Å². The first-order chi connectivity index (χ1) is 13.5. The summed E-state index contributed by atoms with van der Waals surface area (Å²) in [5.41, 5.74) is 1.98. The minimum Gasteiger partial charge on any atom is -0.497 e. The lowest BCUT2D eigenvalue weighted by Crippen LogP contribution is -2.50. The fourth-order valence-corrected chi connectivity index (χ4v) is 3.06. The summed E-state index contributed by atoms with van der Waals surface area (Å²) in [6.07, 6.45) is 2.41. The first-order valence-electron chi connectivity index (χ1n) is 9.77. The number of nitrogens with one attached hydrogen (secondary N) is 1. The standard InChI is InChI=1S/C23H30N2O3/c1-4-5-15-24-23(27)22(16-19-9-7-6-8-10-19)25(18(2)26)17-20-11-13-21(28-3)14-12-20/h6-14,22H,4-5,15-17H2,1-3H3,(H,24,27)/t22-/m0/s1. The van der Waals surface area contributed by atoms with E-state index < -0.39 is 6.04 Å². The molecule has 0 aromatic heterocycles. The van der Waals surface area contributed by atoms with Crippen LogP contribution in [-0.2, 0) is 22.6 Å². The van der Waals surface area contributed by atoms with Gasteiger partial charge in [0, 0.05) is 26.4 Å². The van der Waals surface area contributed by atoms with Crippen LogP contribution in [-0.4, -0.2) is 36.4 Å². The van der Waals surface area contributed by atoms with E-state index in [4.69, 9.17) is 4.74 Å². The van der Waals surface area contributed by atoms with E-state index in [0.29, 0.717) is 19.5 Å². The molecule has 28 heavy (non-hydrogen) atoms. The number of carbonyl (C=O) groups excluding carboxylic acids is 2. The van der Waals surface area contributed by atoms with Crippen molar-refractivity contribution in [1.29, 1.82) is 0 Å².